The first-order valence-corrected chi connectivity index (χ1v) is 5.39. The fraction of sp³-hybridized carbons (Fsp3) is 0.500. The van der Waals surface area contributed by atoms with Crippen LogP contribution in [0.4, 0.5) is 5.69 Å². The Morgan fingerprint density at radius 2 is 1.67 bits per heavy atom. The van der Waals surface area contributed by atoms with E-state index < -0.39 is 0 Å². The fourth-order valence-corrected chi connectivity index (χ4v) is 1.29. The van der Waals surface area contributed by atoms with Crippen molar-refractivity contribution in [1.29, 1.82) is 0 Å². The number of hydrogen-bond acceptors (Lipinski definition) is 3. The van der Waals surface area contributed by atoms with E-state index in [0.29, 0.717) is 19.8 Å². The van der Waals surface area contributed by atoms with Crippen LogP contribution in [0.15, 0.2) is 30.3 Å². The molecule has 15 heavy (non-hydrogen) atoms. The highest BCUT2D eigenvalue weighted by Gasteiger charge is 2.06. The number of hydrogen-bond donors (Lipinski definition) is 1. The zero-order valence-corrected chi connectivity index (χ0v) is 9.40. The van der Waals surface area contributed by atoms with Gasteiger partial charge in [0.1, 0.15) is 0 Å². The zero-order valence-electron chi connectivity index (χ0n) is 9.40. The van der Waals surface area contributed by atoms with Gasteiger partial charge in [-0.2, -0.15) is 0 Å². The number of benzene rings is 1. The van der Waals surface area contributed by atoms with Crippen molar-refractivity contribution in [2.75, 3.05) is 25.1 Å². The molecule has 1 aromatic rings. The van der Waals surface area contributed by atoms with Crippen molar-refractivity contribution in [1.82, 2.24) is 0 Å². The van der Waals surface area contributed by atoms with Gasteiger partial charge in [-0.3, -0.25) is 0 Å². The first-order chi connectivity index (χ1) is 7.36. The Morgan fingerprint density at radius 3 is 2.20 bits per heavy atom. The highest BCUT2D eigenvalue weighted by Crippen LogP contribution is 2.06. The highest BCUT2D eigenvalue weighted by atomic mass is 16.7. The lowest BCUT2D eigenvalue weighted by molar-refractivity contribution is -0.126. The molecular weight excluding hydrogens is 196 g/mol. The molecule has 1 rings (SSSR count). The van der Waals surface area contributed by atoms with Crippen LogP contribution in [-0.4, -0.2) is 26.0 Å². The SMILES string of the molecule is CCOC(CN[13c]1[13cH][13cH][13cH][13cH][13cH]1)OCC. The predicted octanol–water partition coefficient (Wildman–Crippen LogP) is 2.50. The Labute approximate surface area is 91.4 Å². The summed E-state index contributed by atoms with van der Waals surface area (Å²) in [7, 11) is 0. The van der Waals surface area contributed by atoms with E-state index in [1.54, 1.807) is 0 Å². The third kappa shape index (κ3) is 4.81. The van der Waals surface area contributed by atoms with Crippen LogP contribution in [0, 0.1) is 0 Å². The van der Waals surface area contributed by atoms with Gasteiger partial charge >= 0.3 is 0 Å². The van der Waals surface area contributed by atoms with E-state index in [-0.39, 0.29) is 6.29 Å². The van der Waals surface area contributed by atoms with Crippen molar-refractivity contribution in [3.05, 3.63) is 30.3 Å². The minimum Gasteiger partial charge on any atom is -0.380 e. The van der Waals surface area contributed by atoms with E-state index in [2.05, 4.69) is 5.32 Å². The normalized spacial score (nSPS) is 10.6. The van der Waals surface area contributed by atoms with Crippen molar-refractivity contribution in [3.8, 4) is 0 Å². The number of nitrogens with one attached hydrogen (secondary N) is 1. The summed E-state index contributed by atoms with van der Waals surface area (Å²) < 4.78 is 10.8. The minimum atomic E-state index is -0.166. The molecule has 0 aromatic heterocycles. The summed E-state index contributed by atoms with van der Waals surface area (Å²) in [4.78, 5) is 0. The summed E-state index contributed by atoms with van der Waals surface area (Å²) in [6.07, 6.45) is -0.166. The van der Waals surface area contributed by atoms with Crippen LogP contribution in [0.3, 0.4) is 0 Å². The van der Waals surface area contributed by atoms with E-state index in [4.69, 9.17) is 9.47 Å². The van der Waals surface area contributed by atoms with Gasteiger partial charge < -0.3 is 14.8 Å². The van der Waals surface area contributed by atoms with Gasteiger partial charge in [-0.25, -0.2) is 0 Å². The van der Waals surface area contributed by atoms with Gasteiger partial charge in [0.25, 0.3) is 0 Å². The summed E-state index contributed by atoms with van der Waals surface area (Å²) in [6.45, 7) is 5.94. The summed E-state index contributed by atoms with van der Waals surface area (Å²) in [5.74, 6) is 0. The lowest BCUT2D eigenvalue weighted by Gasteiger charge is -2.17. The summed E-state index contributed by atoms with van der Waals surface area (Å²) in [5.41, 5.74) is 1.09. The van der Waals surface area contributed by atoms with E-state index in [0.717, 1.165) is 5.69 Å². The van der Waals surface area contributed by atoms with Gasteiger partial charge in [0.05, 0.1) is 6.54 Å². The van der Waals surface area contributed by atoms with Crippen LogP contribution < -0.4 is 5.32 Å². The first kappa shape index (κ1) is 12.0. The van der Waals surface area contributed by atoms with Crippen molar-refractivity contribution < 1.29 is 9.47 Å². The third-order valence-electron chi connectivity index (χ3n) is 1.95. The standard InChI is InChI=1S/C12H19NO2/c1-3-14-12(15-4-2)10-13-11-8-6-5-7-9-11/h5-9,12-13H,3-4,10H2,1-2H3/i5+1,6+1,7+1,8+1,9+1,11+1. The molecule has 0 amide bonds. The van der Waals surface area contributed by atoms with Crippen molar-refractivity contribution in [3.63, 3.8) is 0 Å². The molecule has 0 aliphatic heterocycles. The molecule has 1 aromatic carbocycles. The van der Waals surface area contributed by atoms with Crippen LogP contribution >= 0.6 is 0 Å². The van der Waals surface area contributed by atoms with Gasteiger partial charge in [-0.1, -0.05) is 18.2 Å². The lowest BCUT2D eigenvalue weighted by Crippen LogP contribution is -2.26. The zero-order chi connectivity index (χ0) is 10.9. The van der Waals surface area contributed by atoms with Crippen LogP contribution in [0.1, 0.15) is 13.8 Å². The van der Waals surface area contributed by atoms with Gasteiger partial charge in [0.2, 0.25) is 0 Å². The van der Waals surface area contributed by atoms with E-state index >= 15 is 0 Å². The Morgan fingerprint density at radius 1 is 1.07 bits per heavy atom. The largest absolute Gasteiger partial charge is 0.380 e. The number of anilines is 1. The highest BCUT2D eigenvalue weighted by molar-refractivity contribution is 5.42. The Bertz CT molecular complexity index is 245. The molecule has 1 N–H and O–H groups in total. The van der Waals surface area contributed by atoms with Gasteiger partial charge in [-0.05, 0) is 26.0 Å². The topological polar surface area (TPSA) is 30.5 Å². The monoisotopic (exact) mass is 215 g/mol. The van der Waals surface area contributed by atoms with Crippen LogP contribution in [0.2, 0.25) is 0 Å². The third-order valence-corrected chi connectivity index (χ3v) is 1.95. The van der Waals surface area contributed by atoms with Gasteiger partial charge in [0.15, 0.2) is 6.29 Å². The van der Waals surface area contributed by atoms with Crippen molar-refractivity contribution in [2.45, 2.75) is 20.1 Å². The summed E-state index contributed by atoms with van der Waals surface area (Å²) in [5, 5.41) is 3.26. The first-order valence-electron chi connectivity index (χ1n) is 5.39. The molecule has 0 fully saturated rings. The molecule has 0 atom stereocenters. The molecular formula is C12H19NO2. The van der Waals surface area contributed by atoms with Crippen LogP contribution in [-0.2, 0) is 9.47 Å². The van der Waals surface area contributed by atoms with Gasteiger partial charge in [0, 0.05) is 18.9 Å². The van der Waals surface area contributed by atoms with Crippen LogP contribution in [0.5, 0.6) is 0 Å². The smallest absolute Gasteiger partial charge is 0.174 e. The van der Waals surface area contributed by atoms with Crippen molar-refractivity contribution >= 4 is 5.69 Å². The Kier molecular flexibility index (Phi) is 5.81. The predicted molar refractivity (Wildman–Crippen MR) is 62.0 cm³/mol. The second-order valence-corrected chi connectivity index (χ2v) is 3.09. The molecule has 0 saturated heterocycles. The lowest BCUT2D eigenvalue weighted by atomic mass is 10.6. The maximum Gasteiger partial charge on any atom is 0.174 e. The summed E-state index contributed by atoms with van der Waals surface area (Å²) >= 11 is 0. The maximum absolute atomic E-state index is 5.42. The molecule has 0 bridgehead atoms. The molecule has 0 unspecified atom stereocenters. The number of para-hydroxylation sites is 1. The Balaban J connectivity index is 2.33. The molecule has 0 aliphatic rings. The van der Waals surface area contributed by atoms with E-state index in [1.165, 1.54) is 0 Å². The van der Waals surface area contributed by atoms with Crippen molar-refractivity contribution in [2.24, 2.45) is 0 Å². The molecule has 0 heterocycles. The second-order valence-electron chi connectivity index (χ2n) is 3.09. The number of ether oxygens (including phenoxy) is 2. The molecule has 0 radical (unpaired) electrons. The quantitative estimate of drug-likeness (QED) is 0.709. The molecule has 3 heteroatoms. The summed E-state index contributed by atoms with van der Waals surface area (Å²) in [6, 6.07) is 10.0. The second kappa shape index (κ2) is 7.26. The Hall–Kier alpha value is -1.06. The molecule has 0 saturated carbocycles. The average Bonchev–Trinajstić information content (AvgIpc) is 2.28. The fourth-order valence-electron chi connectivity index (χ4n) is 1.29. The van der Waals surface area contributed by atoms with E-state index in [9.17, 15) is 0 Å². The molecule has 0 aliphatic carbocycles. The molecule has 3 nitrogen and oxygen atoms in total. The number of rotatable bonds is 7. The van der Waals surface area contributed by atoms with E-state index in [1.807, 2.05) is 44.2 Å². The minimum absolute atomic E-state index is 0.166. The molecule has 0 spiro atoms. The maximum atomic E-state index is 5.42. The van der Waals surface area contributed by atoms with Crippen LogP contribution in [0.25, 0.3) is 0 Å². The average molecular weight is 215 g/mol. The molecule has 84 valence electrons. The van der Waals surface area contributed by atoms with Gasteiger partial charge in [-0.15, -0.1) is 0 Å².